The van der Waals surface area contributed by atoms with Crippen molar-refractivity contribution in [2.75, 3.05) is 19.8 Å². The fourth-order valence-corrected chi connectivity index (χ4v) is 2.56. The molecule has 1 amide bonds. The molecule has 0 unspecified atom stereocenters. The SMILES string of the molecule is O=C(Cn1[nH]c(=O)c2ccccc2c1=O)NC[C@H]1CCOC1. The molecule has 0 radical (unpaired) electrons. The Bertz CT molecular complexity index is 802. The molecule has 0 saturated carbocycles. The molecule has 1 fully saturated rings. The molecular weight excluding hydrogens is 286 g/mol. The monoisotopic (exact) mass is 303 g/mol. The van der Waals surface area contributed by atoms with E-state index >= 15 is 0 Å². The average molecular weight is 303 g/mol. The largest absolute Gasteiger partial charge is 0.381 e. The van der Waals surface area contributed by atoms with Crippen molar-refractivity contribution in [1.29, 1.82) is 0 Å². The molecular formula is C15H17N3O4. The lowest BCUT2D eigenvalue weighted by molar-refractivity contribution is -0.122. The number of fused-ring (bicyclic) bond motifs is 1. The number of hydrogen-bond donors (Lipinski definition) is 2. The number of hydrogen-bond acceptors (Lipinski definition) is 4. The second kappa shape index (κ2) is 6.15. The van der Waals surface area contributed by atoms with Crippen molar-refractivity contribution in [2.45, 2.75) is 13.0 Å². The van der Waals surface area contributed by atoms with Crippen molar-refractivity contribution < 1.29 is 9.53 Å². The molecule has 1 saturated heterocycles. The molecule has 1 aromatic heterocycles. The number of rotatable bonds is 4. The van der Waals surface area contributed by atoms with Gasteiger partial charge in [-0.25, -0.2) is 4.68 Å². The number of aromatic nitrogens is 2. The van der Waals surface area contributed by atoms with Gasteiger partial charge in [-0.2, -0.15) is 0 Å². The van der Waals surface area contributed by atoms with Gasteiger partial charge in [0.2, 0.25) is 5.91 Å². The highest BCUT2D eigenvalue weighted by atomic mass is 16.5. The van der Waals surface area contributed by atoms with Gasteiger partial charge in [0.05, 0.1) is 17.4 Å². The van der Waals surface area contributed by atoms with E-state index in [1.807, 2.05) is 0 Å². The highest BCUT2D eigenvalue weighted by molar-refractivity contribution is 5.81. The molecule has 116 valence electrons. The Balaban J connectivity index is 1.76. The quantitative estimate of drug-likeness (QED) is 0.821. The minimum Gasteiger partial charge on any atom is -0.381 e. The second-order valence-electron chi connectivity index (χ2n) is 5.41. The minimum atomic E-state index is -0.382. The van der Waals surface area contributed by atoms with Crippen molar-refractivity contribution in [3.8, 4) is 0 Å². The van der Waals surface area contributed by atoms with E-state index in [1.165, 1.54) is 0 Å². The summed E-state index contributed by atoms with van der Waals surface area (Å²) in [5, 5.41) is 5.84. The predicted octanol–water partition coefficient (Wildman–Crippen LogP) is -0.157. The van der Waals surface area contributed by atoms with Crippen LogP contribution < -0.4 is 16.4 Å². The summed E-state index contributed by atoms with van der Waals surface area (Å²) in [5.74, 6) is 0.0104. The molecule has 22 heavy (non-hydrogen) atoms. The molecule has 2 heterocycles. The van der Waals surface area contributed by atoms with Gasteiger partial charge in [0, 0.05) is 19.1 Å². The number of nitrogens with one attached hydrogen (secondary N) is 2. The molecule has 0 bridgehead atoms. The van der Waals surface area contributed by atoms with Gasteiger partial charge in [-0.05, 0) is 18.6 Å². The molecule has 1 aliphatic rings. The Morgan fingerprint density at radius 3 is 2.82 bits per heavy atom. The zero-order valence-electron chi connectivity index (χ0n) is 12.0. The maximum Gasteiger partial charge on any atom is 0.273 e. The zero-order valence-corrected chi connectivity index (χ0v) is 12.0. The third-order valence-electron chi connectivity index (χ3n) is 3.80. The fourth-order valence-electron chi connectivity index (χ4n) is 2.56. The third kappa shape index (κ3) is 2.94. The number of H-pyrrole nitrogens is 1. The molecule has 2 aromatic rings. The number of aromatic amines is 1. The van der Waals surface area contributed by atoms with E-state index in [4.69, 9.17) is 4.74 Å². The van der Waals surface area contributed by atoms with Crippen LogP contribution in [0.2, 0.25) is 0 Å². The topological polar surface area (TPSA) is 93.2 Å². The van der Waals surface area contributed by atoms with E-state index in [0.29, 0.717) is 29.8 Å². The van der Waals surface area contributed by atoms with Crippen LogP contribution in [0, 0.1) is 5.92 Å². The standard InChI is InChI=1S/C15H17N3O4/c19-13(16-7-10-5-6-22-9-10)8-18-15(21)12-4-2-1-3-11(12)14(20)17-18/h1-4,10H,5-9H2,(H,16,19)(H,17,20)/t10-/m1/s1. The van der Waals surface area contributed by atoms with Crippen molar-refractivity contribution >= 4 is 16.7 Å². The molecule has 1 aliphatic heterocycles. The number of nitrogens with zero attached hydrogens (tertiary/aromatic N) is 1. The van der Waals surface area contributed by atoms with Crippen LogP contribution in [0.15, 0.2) is 33.9 Å². The van der Waals surface area contributed by atoms with Crippen molar-refractivity contribution in [3.05, 3.63) is 45.0 Å². The van der Waals surface area contributed by atoms with Crippen LogP contribution >= 0.6 is 0 Å². The maximum absolute atomic E-state index is 12.3. The normalized spacial score (nSPS) is 17.7. The maximum atomic E-state index is 12.3. The van der Waals surface area contributed by atoms with Gasteiger partial charge in [0.25, 0.3) is 11.1 Å². The molecule has 1 atom stereocenters. The molecule has 2 N–H and O–H groups in total. The first-order chi connectivity index (χ1) is 10.6. The Morgan fingerprint density at radius 2 is 2.09 bits per heavy atom. The summed E-state index contributed by atoms with van der Waals surface area (Å²) < 4.78 is 6.28. The smallest absolute Gasteiger partial charge is 0.273 e. The number of carbonyl (C=O) groups excluding carboxylic acids is 1. The van der Waals surface area contributed by atoms with Gasteiger partial charge in [-0.15, -0.1) is 0 Å². The molecule has 0 aliphatic carbocycles. The first-order valence-electron chi connectivity index (χ1n) is 7.21. The van der Waals surface area contributed by atoms with Crippen LogP contribution in [0.5, 0.6) is 0 Å². The minimum absolute atomic E-state index is 0.202. The number of amides is 1. The molecule has 0 spiro atoms. The Hall–Kier alpha value is -2.41. The highest BCUT2D eigenvalue weighted by Gasteiger charge is 2.17. The lowest BCUT2D eigenvalue weighted by atomic mass is 10.1. The van der Waals surface area contributed by atoms with E-state index in [0.717, 1.165) is 17.7 Å². The molecule has 1 aromatic carbocycles. The van der Waals surface area contributed by atoms with E-state index < -0.39 is 0 Å². The number of ether oxygens (including phenoxy) is 1. The Morgan fingerprint density at radius 1 is 1.32 bits per heavy atom. The number of carbonyl (C=O) groups is 1. The first-order valence-corrected chi connectivity index (χ1v) is 7.21. The molecule has 3 rings (SSSR count). The van der Waals surface area contributed by atoms with Crippen LogP contribution in [0.4, 0.5) is 0 Å². The summed E-state index contributed by atoms with van der Waals surface area (Å²) in [5.41, 5.74) is -0.762. The molecule has 7 heteroatoms. The van der Waals surface area contributed by atoms with Crippen LogP contribution in [0.1, 0.15) is 6.42 Å². The van der Waals surface area contributed by atoms with E-state index in [1.54, 1.807) is 24.3 Å². The fraction of sp³-hybridized carbons (Fsp3) is 0.400. The van der Waals surface area contributed by atoms with Crippen molar-refractivity contribution in [1.82, 2.24) is 15.1 Å². The van der Waals surface area contributed by atoms with Crippen LogP contribution in [-0.2, 0) is 16.1 Å². The zero-order chi connectivity index (χ0) is 15.5. The van der Waals surface area contributed by atoms with Gasteiger partial charge in [0.1, 0.15) is 6.54 Å². The Kier molecular flexibility index (Phi) is 4.06. The van der Waals surface area contributed by atoms with Crippen LogP contribution in [0.25, 0.3) is 10.8 Å². The number of benzene rings is 1. The van der Waals surface area contributed by atoms with E-state index in [2.05, 4.69) is 10.4 Å². The van der Waals surface area contributed by atoms with Gasteiger partial charge < -0.3 is 10.1 Å². The van der Waals surface area contributed by atoms with Crippen molar-refractivity contribution in [2.24, 2.45) is 5.92 Å². The summed E-state index contributed by atoms with van der Waals surface area (Å²) in [6, 6.07) is 6.54. The van der Waals surface area contributed by atoms with Crippen LogP contribution in [0.3, 0.4) is 0 Å². The predicted molar refractivity (Wildman–Crippen MR) is 80.8 cm³/mol. The van der Waals surface area contributed by atoms with Crippen LogP contribution in [-0.4, -0.2) is 35.4 Å². The lowest BCUT2D eigenvalue weighted by Crippen LogP contribution is -2.38. The average Bonchev–Trinajstić information content (AvgIpc) is 3.04. The van der Waals surface area contributed by atoms with E-state index in [-0.39, 0.29) is 23.6 Å². The molecule has 7 nitrogen and oxygen atoms in total. The van der Waals surface area contributed by atoms with Crippen molar-refractivity contribution in [3.63, 3.8) is 0 Å². The van der Waals surface area contributed by atoms with E-state index in [9.17, 15) is 14.4 Å². The summed E-state index contributed by atoms with van der Waals surface area (Å²) in [6.07, 6.45) is 0.924. The highest BCUT2D eigenvalue weighted by Crippen LogP contribution is 2.10. The van der Waals surface area contributed by atoms with Gasteiger partial charge >= 0.3 is 0 Å². The Labute approximate surface area is 125 Å². The summed E-state index contributed by atoms with van der Waals surface area (Å²) in [4.78, 5) is 36.1. The summed E-state index contributed by atoms with van der Waals surface area (Å²) in [7, 11) is 0. The lowest BCUT2D eigenvalue weighted by Gasteiger charge is -2.10. The first kappa shape index (κ1) is 14.5. The second-order valence-corrected chi connectivity index (χ2v) is 5.41. The van der Waals surface area contributed by atoms with Gasteiger partial charge in [0.15, 0.2) is 0 Å². The van der Waals surface area contributed by atoms with Gasteiger partial charge in [-0.3, -0.25) is 19.5 Å². The summed E-state index contributed by atoms with van der Waals surface area (Å²) >= 11 is 0. The van der Waals surface area contributed by atoms with Gasteiger partial charge in [-0.1, -0.05) is 12.1 Å². The third-order valence-corrected chi connectivity index (χ3v) is 3.80. The summed E-state index contributed by atoms with van der Waals surface area (Å²) in [6.45, 7) is 1.68.